The van der Waals surface area contributed by atoms with Gasteiger partial charge in [-0.05, 0) is 37.5 Å². The normalized spacial score (nSPS) is 16.0. The fourth-order valence-corrected chi connectivity index (χ4v) is 3.65. The van der Waals surface area contributed by atoms with Gasteiger partial charge in [-0.15, -0.1) is 0 Å². The van der Waals surface area contributed by atoms with Crippen LogP contribution in [0.2, 0.25) is 0 Å². The number of para-hydroxylation sites is 1. The fraction of sp³-hybridized carbons (Fsp3) is 0.368. The number of aromatic nitrogens is 3. The average molecular weight is 338 g/mol. The van der Waals surface area contributed by atoms with E-state index in [4.69, 9.17) is 5.11 Å². The van der Waals surface area contributed by atoms with E-state index in [9.17, 15) is 4.79 Å². The summed E-state index contributed by atoms with van der Waals surface area (Å²) in [6, 6.07) is 10.5. The molecule has 1 unspecified atom stereocenters. The minimum absolute atomic E-state index is 0.142. The van der Waals surface area contributed by atoms with E-state index in [1.54, 1.807) is 6.07 Å². The van der Waals surface area contributed by atoms with Gasteiger partial charge < -0.3 is 10.1 Å². The first-order valence-electron chi connectivity index (χ1n) is 8.71. The Labute approximate surface area is 146 Å². The number of hydrogen-bond acceptors (Lipinski definition) is 3. The Kier molecular flexibility index (Phi) is 4.05. The van der Waals surface area contributed by atoms with Crippen LogP contribution in [-0.4, -0.2) is 43.3 Å². The number of aromatic amines is 1. The number of fused-ring (bicyclic) bond motifs is 2. The zero-order valence-corrected chi connectivity index (χ0v) is 14.3. The van der Waals surface area contributed by atoms with Crippen molar-refractivity contribution in [2.75, 3.05) is 6.54 Å². The molecule has 3 aromatic rings. The molecular formula is C19H22N4O2. The van der Waals surface area contributed by atoms with Crippen LogP contribution in [0.4, 0.5) is 0 Å². The quantitative estimate of drug-likeness (QED) is 0.750. The van der Waals surface area contributed by atoms with Gasteiger partial charge in [0, 0.05) is 36.2 Å². The molecule has 6 heteroatoms. The minimum atomic E-state index is -0.958. The van der Waals surface area contributed by atoms with Gasteiger partial charge in [0.25, 0.3) is 0 Å². The van der Waals surface area contributed by atoms with Gasteiger partial charge in [0.1, 0.15) is 0 Å². The summed E-state index contributed by atoms with van der Waals surface area (Å²) in [5, 5.41) is 14.5. The number of aryl methyl sites for hydroxylation is 1. The molecular weight excluding hydrogens is 316 g/mol. The molecule has 0 fully saturated rings. The van der Waals surface area contributed by atoms with E-state index in [0.29, 0.717) is 6.04 Å². The lowest BCUT2D eigenvalue weighted by Gasteiger charge is -2.32. The van der Waals surface area contributed by atoms with Crippen molar-refractivity contribution in [2.45, 2.75) is 38.9 Å². The Bertz CT molecular complexity index is 911. The topological polar surface area (TPSA) is 74.2 Å². The van der Waals surface area contributed by atoms with Crippen LogP contribution in [0.15, 0.2) is 36.5 Å². The summed E-state index contributed by atoms with van der Waals surface area (Å²) in [5.74, 6) is -0.958. The van der Waals surface area contributed by atoms with Gasteiger partial charge in [-0.3, -0.25) is 9.58 Å². The molecule has 0 spiro atoms. The van der Waals surface area contributed by atoms with E-state index in [1.165, 1.54) is 16.5 Å². The van der Waals surface area contributed by atoms with Crippen molar-refractivity contribution in [3.8, 4) is 0 Å². The summed E-state index contributed by atoms with van der Waals surface area (Å²) in [6.07, 6.45) is 4.21. The first-order valence-corrected chi connectivity index (χ1v) is 8.71. The standard InChI is InChI=1S/C19H22N4O2/c1-13(6-7-14-11-20-17-5-3-2-4-16(14)17)22-8-9-23-15(12-22)10-18(21-23)19(24)25/h2-5,10-11,13,20H,6-9,12H2,1H3,(H,24,25). The lowest BCUT2D eigenvalue weighted by atomic mass is 10.0. The number of nitrogens with one attached hydrogen (secondary N) is 1. The number of carboxylic acid groups (broad SMARTS) is 1. The second-order valence-electron chi connectivity index (χ2n) is 6.77. The number of rotatable bonds is 5. The molecule has 6 nitrogen and oxygen atoms in total. The van der Waals surface area contributed by atoms with Gasteiger partial charge >= 0.3 is 5.97 Å². The maximum atomic E-state index is 11.1. The van der Waals surface area contributed by atoms with E-state index >= 15 is 0 Å². The van der Waals surface area contributed by atoms with Crippen LogP contribution in [0.25, 0.3) is 10.9 Å². The van der Waals surface area contributed by atoms with Gasteiger partial charge in [-0.25, -0.2) is 4.79 Å². The highest BCUT2D eigenvalue weighted by atomic mass is 16.4. The summed E-state index contributed by atoms with van der Waals surface area (Å²) in [5.41, 5.74) is 3.68. The van der Waals surface area contributed by atoms with Gasteiger partial charge in [0.2, 0.25) is 0 Å². The summed E-state index contributed by atoms with van der Waals surface area (Å²) in [7, 11) is 0. The van der Waals surface area contributed by atoms with Gasteiger partial charge in [0.05, 0.1) is 12.2 Å². The third-order valence-corrected chi connectivity index (χ3v) is 5.18. The molecule has 1 aliphatic rings. The van der Waals surface area contributed by atoms with Crippen LogP contribution in [0.5, 0.6) is 0 Å². The highest BCUT2D eigenvalue weighted by molar-refractivity contribution is 5.85. The van der Waals surface area contributed by atoms with Crippen molar-refractivity contribution < 1.29 is 9.90 Å². The molecule has 0 radical (unpaired) electrons. The van der Waals surface area contributed by atoms with E-state index in [2.05, 4.69) is 46.3 Å². The molecule has 4 rings (SSSR count). The van der Waals surface area contributed by atoms with Crippen molar-refractivity contribution in [2.24, 2.45) is 0 Å². The Balaban J connectivity index is 1.41. The Morgan fingerprint density at radius 3 is 3.04 bits per heavy atom. The molecule has 1 atom stereocenters. The lowest BCUT2D eigenvalue weighted by Crippen LogP contribution is -2.40. The first-order chi connectivity index (χ1) is 12.1. The van der Waals surface area contributed by atoms with Gasteiger partial charge in [-0.1, -0.05) is 18.2 Å². The third-order valence-electron chi connectivity index (χ3n) is 5.18. The SMILES string of the molecule is CC(CCc1c[nH]c2ccccc12)N1CCn2nc(C(=O)O)cc2C1. The summed E-state index contributed by atoms with van der Waals surface area (Å²) in [4.78, 5) is 16.8. The van der Waals surface area contributed by atoms with Gasteiger partial charge in [-0.2, -0.15) is 5.10 Å². The molecule has 0 aliphatic carbocycles. The second kappa shape index (κ2) is 6.37. The molecule has 0 amide bonds. The number of nitrogens with zero attached hydrogens (tertiary/aromatic N) is 3. The molecule has 1 aromatic carbocycles. The summed E-state index contributed by atoms with van der Waals surface area (Å²) in [6.45, 7) is 4.66. The number of benzene rings is 1. The van der Waals surface area contributed by atoms with Crippen LogP contribution in [0.1, 0.15) is 35.1 Å². The number of hydrogen-bond donors (Lipinski definition) is 2. The highest BCUT2D eigenvalue weighted by Gasteiger charge is 2.23. The van der Waals surface area contributed by atoms with E-state index in [1.807, 2.05) is 10.7 Å². The predicted octanol–water partition coefficient (Wildman–Crippen LogP) is 2.90. The van der Waals surface area contributed by atoms with Crippen LogP contribution in [0.3, 0.4) is 0 Å². The average Bonchev–Trinajstić information content (AvgIpc) is 3.23. The molecule has 0 saturated heterocycles. The smallest absolute Gasteiger partial charge is 0.356 e. The van der Waals surface area contributed by atoms with Crippen molar-refractivity contribution in [1.29, 1.82) is 0 Å². The largest absolute Gasteiger partial charge is 0.476 e. The molecule has 130 valence electrons. The van der Waals surface area contributed by atoms with E-state index in [0.717, 1.165) is 38.2 Å². The first kappa shape index (κ1) is 15.9. The van der Waals surface area contributed by atoms with Crippen LogP contribution in [-0.2, 0) is 19.5 Å². The predicted molar refractivity (Wildman–Crippen MR) is 95.7 cm³/mol. The van der Waals surface area contributed by atoms with Crippen LogP contribution < -0.4 is 0 Å². The van der Waals surface area contributed by atoms with Crippen molar-refractivity contribution in [3.63, 3.8) is 0 Å². The molecule has 3 heterocycles. The van der Waals surface area contributed by atoms with E-state index in [-0.39, 0.29) is 5.69 Å². The number of carboxylic acids is 1. The fourth-order valence-electron chi connectivity index (χ4n) is 3.65. The molecule has 1 aliphatic heterocycles. The van der Waals surface area contributed by atoms with Crippen LogP contribution in [0, 0.1) is 0 Å². The minimum Gasteiger partial charge on any atom is -0.476 e. The summed E-state index contributed by atoms with van der Waals surface area (Å²) < 4.78 is 1.83. The zero-order chi connectivity index (χ0) is 17.4. The summed E-state index contributed by atoms with van der Waals surface area (Å²) >= 11 is 0. The number of carbonyl (C=O) groups is 1. The van der Waals surface area contributed by atoms with E-state index < -0.39 is 5.97 Å². The number of H-pyrrole nitrogens is 1. The van der Waals surface area contributed by atoms with Gasteiger partial charge in [0.15, 0.2) is 5.69 Å². The highest BCUT2D eigenvalue weighted by Crippen LogP contribution is 2.22. The maximum Gasteiger partial charge on any atom is 0.356 e. The Morgan fingerprint density at radius 1 is 1.36 bits per heavy atom. The maximum absolute atomic E-state index is 11.1. The monoisotopic (exact) mass is 338 g/mol. The molecule has 2 aromatic heterocycles. The molecule has 0 bridgehead atoms. The van der Waals surface area contributed by atoms with Crippen molar-refractivity contribution in [1.82, 2.24) is 19.7 Å². The van der Waals surface area contributed by atoms with Crippen molar-refractivity contribution in [3.05, 3.63) is 53.5 Å². The molecule has 25 heavy (non-hydrogen) atoms. The lowest BCUT2D eigenvalue weighted by molar-refractivity contribution is 0.0689. The third kappa shape index (κ3) is 3.05. The number of aromatic carboxylic acids is 1. The second-order valence-corrected chi connectivity index (χ2v) is 6.77. The molecule has 0 saturated carbocycles. The van der Waals surface area contributed by atoms with Crippen molar-refractivity contribution >= 4 is 16.9 Å². The zero-order valence-electron chi connectivity index (χ0n) is 14.3. The Hall–Kier alpha value is -2.60. The van der Waals surface area contributed by atoms with Crippen LogP contribution >= 0.6 is 0 Å². The Morgan fingerprint density at radius 2 is 2.20 bits per heavy atom. The molecule has 2 N–H and O–H groups in total.